The smallest absolute Gasteiger partial charge is 0.214 e. The highest BCUT2D eigenvalue weighted by Gasteiger charge is 1.98. The van der Waals surface area contributed by atoms with Gasteiger partial charge in [-0.05, 0) is 23.8 Å². The molecule has 17 heavy (non-hydrogen) atoms. The number of benzene rings is 1. The largest absolute Gasteiger partial charge is 0.481 e. The minimum absolute atomic E-state index is 0.615. The molecule has 0 bridgehead atoms. The van der Waals surface area contributed by atoms with Crippen LogP contribution >= 0.6 is 15.9 Å². The number of halogens is 1. The number of ether oxygens (including phenoxy) is 1. The molecule has 0 saturated heterocycles. The molecule has 1 heterocycles. The number of anilines is 1. The molecule has 88 valence electrons. The van der Waals surface area contributed by atoms with Gasteiger partial charge in [-0.3, -0.25) is 0 Å². The van der Waals surface area contributed by atoms with E-state index in [0.717, 1.165) is 16.8 Å². The number of nitrogens with one attached hydrogen (secondary N) is 1. The van der Waals surface area contributed by atoms with Crippen molar-refractivity contribution in [2.45, 2.75) is 6.54 Å². The number of rotatable bonds is 4. The lowest BCUT2D eigenvalue weighted by Crippen LogP contribution is -2.01. The van der Waals surface area contributed by atoms with E-state index < -0.39 is 0 Å². The second-order valence-corrected chi connectivity index (χ2v) is 4.46. The lowest BCUT2D eigenvalue weighted by molar-refractivity contribution is 0.398. The van der Waals surface area contributed by atoms with Gasteiger partial charge in [-0.1, -0.05) is 34.1 Å². The van der Waals surface area contributed by atoms with Crippen LogP contribution in [0.3, 0.4) is 0 Å². The highest BCUT2D eigenvalue weighted by atomic mass is 79.9. The Labute approximate surface area is 109 Å². The predicted octanol–water partition coefficient (Wildman–Crippen LogP) is 3.46. The van der Waals surface area contributed by atoms with E-state index in [1.807, 2.05) is 30.3 Å². The van der Waals surface area contributed by atoms with Crippen LogP contribution in [0.2, 0.25) is 0 Å². The van der Waals surface area contributed by atoms with Crippen LogP contribution in [0.5, 0.6) is 5.88 Å². The SMILES string of the molecule is COc1cccc(NCc2cccc(Br)c2)n1. The van der Waals surface area contributed by atoms with E-state index in [1.165, 1.54) is 5.56 Å². The summed E-state index contributed by atoms with van der Waals surface area (Å²) < 4.78 is 6.15. The van der Waals surface area contributed by atoms with Crippen molar-refractivity contribution in [2.24, 2.45) is 0 Å². The Morgan fingerprint density at radius 1 is 1.24 bits per heavy atom. The standard InChI is InChI=1S/C13H13BrN2O/c1-17-13-7-3-6-12(16-13)15-9-10-4-2-5-11(14)8-10/h2-8H,9H2,1H3,(H,15,16). The van der Waals surface area contributed by atoms with Gasteiger partial charge in [0.15, 0.2) is 0 Å². The minimum Gasteiger partial charge on any atom is -0.481 e. The van der Waals surface area contributed by atoms with Gasteiger partial charge in [0.1, 0.15) is 5.82 Å². The fourth-order valence-electron chi connectivity index (χ4n) is 1.47. The Morgan fingerprint density at radius 2 is 2.06 bits per heavy atom. The van der Waals surface area contributed by atoms with Gasteiger partial charge in [-0.25, -0.2) is 0 Å². The summed E-state index contributed by atoms with van der Waals surface area (Å²) in [6.07, 6.45) is 0. The molecule has 3 nitrogen and oxygen atoms in total. The van der Waals surface area contributed by atoms with Crippen LogP contribution in [0, 0.1) is 0 Å². The maximum atomic E-state index is 5.07. The Hall–Kier alpha value is -1.55. The average molecular weight is 293 g/mol. The summed E-state index contributed by atoms with van der Waals surface area (Å²) in [6, 6.07) is 13.8. The van der Waals surface area contributed by atoms with Crippen molar-refractivity contribution >= 4 is 21.7 Å². The normalized spacial score (nSPS) is 10.0. The first kappa shape index (κ1) is 11.9. The Bertz CT molecular complexity index is 502. The number of nitrogens with zero attached hydrogens (tertiary/aromatic N) is 1. The lowest BCUT2D eigenvalue weighted by atomic mass is 10.2. The zero-order valence-corrected chi connectivity index (χ0v) is 11.1. The van der Waals surface area contributed by atoms with E-state index >= 15 is 0 Å². The summed E-state index contributed by atoms with van der Waals surface area (Å²) in [5.41, 5.74) is 1.20. The molecule has 0 spiro atoms. The zero-order valence-electron chi connectivity index (χ0n) is 9.48. The van der Waals surface area contributed by atoms with Gasteiger partial charge < -0.3 is 10.1 Å². The van der Waals surface area contributed by atoms with E-state index in [0.29, 0.717) is 5.88 Å². The maximum Gasteiger partial charge on any atom is 0.214 e. The molecule has 2 aromatic rings. The Balaban J connectivity index is 2.02. The predicted molar refractivity (Wildman–Crippen MR) is 72.3 cm³/mol. The fraction of sp³-hybridized carbons (Fsp3) is 0.154. The fourth-order valence-corrected chi connectivity index (χ4v) is 1.91. The quantitative estimate of drug-likeness (QED) is 0.937. The van der Waals surface area contributed by atoms with E-state index in [-0.39, 0.29) is 0 Å². The van der Waals surface area contributed by atoms with E-state index in [9.17, 15) is 0 Å². The van der Waals surface area contributed by atoms with Crippen LogP contribution in [0.4, 0.5) is 5.82 Å². The zero-order chi connectivity index (χ0) is 12.1. The average Bonchev–Trinajstić information content (AvgIpc) is 2.37. The van der Waals surface area contributed by atoms with Gasteiger partial charge in [-0.15, -0.1) is 0 Å². The van der Waals surface area contributed by atoms with E-state index in [1.54, 1.807) is 7.11 Å². The van der Waals surface area contributed by atoms with Crippen LogP contribution in [-0.4, -0.2) is 12.1 Å². The van der Waals surface area contributed by atoms with Crippen molar-refractivity contribution in [3.8, 4) is 5.88 Å². The van der Waals surface area contributed by atoms with Gasteiger partial charge in [0.25, 0.3) is 0 Å². The lowest BCUT2D eigenvalue weighted by Gasteiger charge is -2.07. The molecule has 0 radical (unpaired) electrons. The number of methoxy groups -OCH3 is 1. The first-order valence-electron chi connectivity index (χ1n) is 5.27. The van der Waals surface area contributed by atoms with Crippen LogP contribution in [0.25, 0.3) is 0 Å². The molecule has 4 heteroatoms. The summed E-state index contributed by atoms with van der Waals surface area (Å²) >= 11 is 3.45. The summed E-state index contributed by atoms with van der Waals surface area (Å²) in [7, 11) is 1.61. The molecule has 0 fully saturated rings. The van der Waals surface area contributed by atoms with Crippen LogP contribution in [0.1, 0.15) is 5.56 Å². The molecule has 1 N–H and O–H groups in total. The number of hydrogen-bond acceptors (Lipinski definition) is 3. The third-order valence-corrected chi connectivity index (χ3v) is 2.79. The highest BCUT2D eigenvalue weighted by Crippen LogP contribution is 2.14. The van der Waals surface area contributed by atoms with Gasteiger partial charge in [0.2, 0.25) is 5.88 Å². The molecule has 1 aromatic heterocycles. The third-order valence-electron chi connectivity index (χ3n) is 2.30. The van der Waals surface area contributed by atoms with Crippen molar-refractivity contribution in [1.29, 1.82) is 0 Å². The van der Waals surface area contributed by atoms with Gasteiger partial charge in [0.05, 0.1) is 7.11 Å². The van der Waals surface area contributed by atoms with Crippen LogP contribution < -0.4 is 10.1 Å². The summed E-state index contributed by atoms with van der Waals surface area (Å²) in [6.45, 7) is 0.736. The summed E-state index contributed by atoms with van der Waals surface area (Å²) in [5, 5.41) is 3.25. The maximum absolute atomic E-state index is 5.07. The first-order valence-corrected chi connectivity index (χ1v) is 6.06. The molecule has 0 unspecified atom stereocenters. The van der Waals surface area contributed by atoms with Crippen LogP contribution in [-0.2, 0) is 6.54 Å². The van der Waals surface area contributed by atoms with Gasteiger partial charge >= 0.3 is 0 Å². The molecular formula is C13H13BrN2O. The number of pyridine rings is 1. The molecule has 1 aromatic carbocycles. The number of aromatic nitrogens is 1. The second kappa shape index (κ2) is 5.68. The molecule has 0 aliphatic heterocycles. The molecule has 0 atom stereocenters. The highest BCUT2D eigenvalue weighted by molar-refractivity contribution is 9.10. The van der Waals surface area contributed by atoms with Crippen molar-refractivity contribution in [1.82, 2.24) is 4.98 Å². The summed E-state index contributed by atoms with van der Waals surface area (Å²) in [5.74, 6) is 1.42. The first-order chi connectivity index (χ1) is 8.28. The van der Waals surface area contributed by atoms with Crippen molar-refractivity contribution in [3.63, 3.8) is 0 Å². The molecular weight excluding hydrogens is 280 g/mol. The second-order valence-electron chi connectivity index (χ2n) is 3.55. The minimum atomic E-state index is 0.615. The molecule has 0 amide bonds. The van der Waals surface area contributed by atoms with Gasteiger partial charge in [0, 0.05) is 17.1 Å². The van der Waals surface area contributed by atoms with E-state index in [4.69, 9.17) is 4.74 Å². The molecule has 2 rings (SSSR count). The van der Waals surface area contributed by atoms with Crippen molar-refractivity contribution in [3.05, 3.63) is 52.5 Å². The topological polar surface area (TPSA) is 34.1 Å². The Kier molecular flexibility index (Phi) is 3.98. The van der Waals surface area contributed by atoms with Crippen molar-refractivity contribution in [2.75, 3.05) is 12.4 Å². The number of hydrogen-bond donors (Lipinski definition) is 1. The van der Waals surface area contributed by atoms with Gasteiger partial charge in [-0.2, -0.15) is 4.98 Å². The summed E-state index contributed by atoms with van der Waals surface area (Å²) in [4.78, 5) is 4.28. The molecule has 0 aliphatic rings. The Morgan fingerprint density at radius 3 is 2.82 bits per heavy atom. The van der Waals surface area contributed by atoms with E-state index in [2.05, 4.69) is 38.4 Å². The third kappa shape index (κ3) is 3.46. The van der Waals surface area contributed by atoms with Crippen LogP contribution in [0.15, 0.2) is 46.9 Å². The monoisotopic (exact) mass is 292 g/mol. The molecule has 0 saturated carbocycles. The molecule has 0 aliphatic carbocycles. The van der Waals surface area contributed by atoms with Crippen molar-refractivity contribution < 1.29 is 4.74 Å².